The van der Waals surface area contributed by atoms with E-state index in [0.717, 1.165) is 25.9 Å². The van der Waals surface area contributed by atoms with Crippen molar-refractivity contribution in [2.75, 3.05) is 20.2 Å². The third kappa shape index (κ3) is 4.02. The van der Waals surface area contributed by atoms with Crippen LogP contribution in [0, 0.1) is 12.7 Å². The summed E-state index contributed by atoms with van der Waals surface area (Å²) in [5, 5.41) is 0. The Morgan fingerprint density at radius 2 is 2.14 bits per heavy atom. The fraction of sp³-hybridized carbons (Fsp3) is 0.600. The number of ether oxygens (including phenoxy) is 1. The van der Waals surface area contributed by atoms with Crippen LogP contribution in [0.4, 0.5) is 4.39 Å². The Balaban J connectivity index is 2.02. The number of sulfonamides is 1. The largest absolute Gasteiger partial charge is 0.378 e. The Bertz CT molecular complexity index is 583. The minimum Gasteiger partial charge on any atom is -0.378 e. The quantitative estimate of drug-likeness (QED) is 0.839. The summed E-state index contributed by atoms with van der Waals surface area (Å²) >= 11 is 0. The van der Waals surface area contributed by atoms with Crippen molar-refractivity contribution in [2.24, 2.45) is 0 Å². The Labute approximate surface area is 126 Å². The highest BCUT2D eigenvalue weighted by molar-refractivity contribution is 7.89. The van der Waals surface area contributed by atoms with Crippen LogP contribution in [0.25, 0.3) is 0 Å². The molecule has 0 amide bonds. The first-order chi connectivity index (χ1) is 9.91. The number of hydrogen-bond acceptors (Lipinski definition) is 3. The fourth-order valence-corrected chi connectivity index (χ4v) is 3.71. The first kappa shape index (κ1) is 16.4. The van der Waals surface area contributed by atoms with Gasteiger partial charge in [0.25, 0.3) is 0 Å². The molecule has 4 nitrogen and oxygen atoms in total. The van der Waals surface area contributed by atoms with Crippen LogP contribution in [0.2, 0.25) is 0 Å². The number of halogens is 1. The van der Waals surface area contributed by atoms with E-state index < -0.39 is 15.8 Å². The number of nitrogens with zero attached hydrogens (tertiary/aromatic N) is 1. The van der Waals surface area contributed by atoms with Gasteiger partial charge in [0.1, 0.15) is 5.82 Å². The van der Waals surface area contributed by atoms with Crippen LogP contribution in [0.3, 0.4) is 0 Å². The molecular weight excluding hydrogens is 293 g/mol. The van der Waals surface area contributed by atoms with Gasteiger partial charge in [-0.2, -0.15) is 0 Å². The lowest BCUT2D eigenvalue weighted by Crippen LogP contribution is -2.31. The molecule has 21 heavy (non-hydrogen) atoms. The molecule has 1 aliphatic rings. The van der Waals surface area contributed by atoms with E-state index in [1.807, 2.05) is 0 Å². The molecule has 0 radical (unpaired) electrons. The molecule has 118 valence electrons. The Morgan fingerprint density at radius 3 is 2.76 bits per heavy atom. The van der Waals surface area contributed by atoms with Crippen LogP contribution in [-0.2, 0) is 14.8 Å². The van der Waals surface area contributed by atoms with Gasteiger partial charge in [-0.25, -0.2) is 17.1 Å². The van der Waals surface area contributed by atoms with Gasteiger partial charge in [0.15, 0.2) is 0 Å². The minimum absolute atomic E-state index is 0.133. The zero-order chi connectivity index (χ0) is 15.5. The van der Waals surface area contributed by atoms with Crippen molar-refractivity contribution < 1.29 is 17.5 Å². The van der Waals surface area contributed by atoms with Gasteiger partial charge in [-0.3, -0.25) is 0 Å². The molecular formula is C15H22FNO3S. The van der Waals surface area contributed by atoms with Crippen molar-refractivity contribution in [3.05, 3.63) is 29.6 Å². The molecule has 0 aliphatic carbocycles. The molecule has 1 heterocycles. The van der Waals surface area contributed by atoms with Crippen molar-refractivity contribution in [3.63, 3.8) is 0 Å². The summed E-state index contributed by atoms with van der Waals surface area (Å²) in [7, 11) is -2.02. The van der Waals surface area contributed by atoms with E-state index in [9.17, 15) is 12.8 Å². The van der Waals surface area contributed by atoms with Crippen LogP contribution in [-0.4, -0.2) is 39.0 Å². The lowest BCUT2D eigenvalue weighted by atomic mass is 10.1. The molecule has 1 aromatic carbocycles. The summed E-state index contributed by atoms with van der Waals surface area (Å²) in [4.78, 5) is 0.133. The summed E-state index contributed by atoms with van der Waals surface area (Å²) in [5.74, 6) is -0.396. The molecule has 0 bridgehead atoms. The summed E-state index contributed by atoms with van der Waals surface area (Å²) < 4.78 is 45.0. The van der Waals surface area contributed by atoms with Gasteiger partial charge in [0.2, 0.25) is 10.0 Å². The highest BCUT2D eigenvalue weighted by Gasteiger charge is 2.23. The highest BCUT2D eigenvalue weighted by Crippen LogP contribution is 2.20. The molecule has 0 saturated carbocycles. The predicted molar refractivity (Wildman–Crippen MR) is 79.2 cm³/mol. The molecule has 0 aromatic heterocycles. The predicted octanol–water partition coefficient (Wildman–Crippen LogP) is 2.71. The average molecular weight is 315 g/mol. The van der Waals surface area contributed by atoms with Crippen molar-refractivity contribution in [2.45, 2.75) is 43.6 Å². The normalized spacial score (nSPS) is 19.9. The van der Waals surface area contributed by atoms with Crippen LogP contribution < -0.4 is 0 Å². The van der Waals surface area contributed by atoms with Crippen LogP contribution in [0.15, 0.2) is 23.1 Å². The number of aryl methyl sites for hydroxylation is 1. The van der Waals surface area contributed by atoms with E-state index in [-0.39, 0.29) is 11.0 Å². The Hall–Kier alpha value is -0.980. The van der Waals surface area contributed by atoms with Crippen LogP contribution in [0.5, 0.6) is 0 Å². The topological polar surface area (TPSA) is 46.6 Å². The van der Waals surface area contributed by atoms with Gasteiger partial charge in [-0.1, -0.05) is 0 Å². The fourth-order valence-electron chi connectivity index (χ4n) is 2.44. The zero-order valence-electron chi connectivity index (χ0n) is 12.5. The first-order valence-electron chi connectivity index (χ1n) is 7.25. The summed E-state index contributed by atoms with van der Waals surface area (Å²) in [6.07, 6.45) is 4.04. The highest BCUT2D eigenvalue weighted by atomic mass is 32.2. The average Bonchev–Trinajstić information content (AvgIpc) is 2.48. The summed E-state index contributed by atoms with van der Waals surface area (Å²) in [5.41, 5.74) is 0.333. The summed E-state index contributed by atoms with van der Waals surface area (Å²) in [6, 6.07) is 3.88. The molecule has 1 unspecified atom stereocenters. The lowest BCUT2D eigenvalue weighted by molar-refractivity contribution is 0.00950. The maximum Gasteiger partial charge on any atom is 0.242 e. The minimum atomic E-state index is -3.57. The van der Waals surface area contributed by atoms with E-state index in [4.69, 9.17) is 4.74 Å². The molecule has 6 heteroatoms. The van der Waals surface area contributed by atoms with E-state index >= 15 is 0 Å². The van der Waals surface area contributed by atoms with Gasteiger partial charge < -0.3 is 4.74 Å². The third-order valence-corrected chi connectivity index (χ3v) is 5.73. The number of benzene rings is 1. The van der Waals surface area contributed by atoms with Crippen molar-refractivity contribution >= 4 is 10.0 Å². The molecule has 1 saturated heterocycles. The monoisotopic (exact) mass is 315 g/mol. The standard InChI is InChI=1S/C15H22FNO3S/c1-12-11-14(6-7-15(12)16)21(18,19)17(2)9-8-13-5-3-4-10-20-13/h6-7,11,13H,3-5,8-10H2,1-2H3. The Morgan fingerprint density at radius 1 is 1.38 bits per heavy atom. The molecule has 1 fully saturated rings. The van der Waals surface area contributed by atoms with Gasteiger partial charge in [-0.05, 0) is 56.4 Å². The van der Waals surface area contributed by atoms with Crippen molar-refractivity contribution in [1.29, 1.82) is 0 Å². The second kappa shape index (κ2) is 6.85. The molecule has 2 rings (SSSR count). The Kier molecular flexibility index (Phi) is 5.35. The van der Waals surface area contributed by atoms with Gasteiger partial charge in [0, 0.05) is 20.2 Å². The molecule has 1 aromatic rings. The smallest absolute Gasteiger partial charge is 0.242 e. The maximum atomic E-state index is 13.3. The maximum absolute atomic E-state index is 13.3. The van der Waals surface area contributed by atoms with E-state index in [1.54, 1.807) is 14.0 Å². The van der Waals surface area contributed by atoms with Gasteiger partial charge in [0.05, 0.1) is 11.0 Å². The van der Waals surface area contributed by atoms with Crippen molar-refractivity contribution in [3.8, 4) is 0 Å². The SMILES string of the molecule is Cc1cc(S(=O)(=O)N(C)CCC2CCCCO2)ccc1F. The molecule has 1 atom stereocenters. The van der Waals surface area contributed by atoms with E-state index in [2.05, 4.69) is 0 Å². The van der Waals surface area contributed by atoms with Crippen molar-refractivity contribution in [1.82, 2.24) is 4.31 Å². The third-order valence-electron chi connectivity index (χ3n) is 3.88. The van der Waals surface area contributed by atoms with Gasteiger partial charge in [-0.15, -0.1) is 0 Å². The lowest BCUT2D eigenvalue weighted by Gasteiger charge is -2.25. The molecule has 0 spiro atoms. The van der Waals surface area contributed by atoms with E-state index in [1.165, 1.54) is 22.5 Å². The second-order valence-corrected chi connectivity index (χ2v) is 7.56. The zero-order valence-corrected chi connectivity index (χ0v) is 13.3. The molecule has 0 N–H and O–H groups in total. The van der Waals surface area contributed by atoms with Crippen LogP contribution >= 0.6 is 0 Å². The summed E-state index contributed by atoms with van der Waals surface area (Å²) in [6.45, 7) is 2.73. The number of hydrogen-bond donors (Lipinski definition) is 0. The first-order valence-corrected chi connectivity index (χ1v) is 8.69. The number of rotatable bonds is 5. The second-order valence-electron chi connectivity index (χ2n) is 5.51. The molecule has 1 aliphatic heterocycles. The van der Waals surface area contributed by atoms with Gasteiger partial charge >= 0.3 is 0 Å². The van der Waals surface area contributed by atoms with Crippen LogP contribution in [0.1, 0.15) is 31.2 Å². The van der Waals surface area contributed by atoms with E-state index in [0.29, 0.717) is 18.5 Å².